The minimum Gasteiger partial charge on any atom is -0.456 e. The van der Waals surface area contributed by atoms with E-state index in [9.17, 15) is 14.2 Å². The molecule has 0 saturated carbocycles. The van der Waals surface area contributed by atoms with Gasteiger partial charge in [0, 0.05) is 12.3 Å². The topological polar surface area (TPSA) is 119 Å². The Balaban J connectivity index is 4.20. The van der Waals surface area contributed by atoms with Crippen molar-refractivity contribution in [3.05, 3.63) is 0 Å². The third-order valence-corrected chi connectivity index (χ3v) is 5.32. The zero-order chi connectivity index (χ0) is 26.2. The molecule has 0 bridgehead atoms. The highest BCUT2D eigenvalue weighted by atomic mass is 31.2. The highest BCUT2D eigenvalue weighted by Gasteiger charge is 2.22. The first kappa shape index (κ1) is 32.7. The van der Waals surface area contributed by atoms with E-state index in [0.717, 1.165) is 19.3 Å². The van der Waals surface area contributed by atoms with Crippen LogP contribution in [0.2, 0.25) is 0 Å². The lowest BCUT2D eigenvalue weighted by Crippen LogP contribution is -2.29. The van der Waals surface area contributed by atoms with E-state index < -0.39 is 39.1 Å². The van der Waals surface area contributed by atoms with Crippen LogP contribution < -0.4 is 0 Å². The minimum absolute atomic E-state index is 0.158. The van der Waals surface area contributed by atoms with Crippen molar-refractivity contribution in [2.24, 2.45) is 0 Å². The monoisotopic (exact) mass is 510 g/mol. The van der Waals surface area contributed by atoms with E-state index in [1.165, 1.54) is 51.4 Å². The smallest absolute Gasteiger partial charge is 0.456 e. The van der Waals surface area contributed by atoms with E-state index in [4.69, 9.17) is 19.3 Å². The van der Waals surface area contributed by atoms with Crippen LogP contribution in [0.1, 0.15) is 97.3 Å². The summed E-state index contributed by atoms with van der Waals surface area (Å²) in [6.45, 7) is 2.74. The van der Waals surface area contributed by atoms with Gasteiger partial charge < -0.3 is 19.3 Å². The SMILES string of the molecule is CC#CC#CC#CC(=O)OC[C@@H](COP(=O)(O)O)OC(=O)CCCCCCCCCCCCCC. The highest BCUT2D eigenvalue weighted by Crippen LogP contribution is 2.35. The van der Waals surface area contributed by atoms with Crippen LogP contribution in [0.5, 0.6) is 0 Å². The molecule has 0 aromatic heterocycles. The number of carbonyl (C=O) groups excluding carboxylic acids is 2. The van der Waals surface area contributed by atoms with Gasteiger partial charge in [-0.15, -0.1) is 0 Å². The standard InChI is InChI=1S/C26H39O8P/c1-3-5-7-9-10-11-12-13-14-15-17-19-21-26(28)34-24(23-33-35(29,30)31)22-32-25(27)20-18-16-8-6-4-2/h24H,3,5,7,9-15,17,19,21-23H2,1-2H3,(H2,29,30,31)/t24-/m0/s1. The van der Waals surface area contributed by atoms with Gasteiger partial charge in [-0.2, -0.15) is 0 Å². The number of carbonyl (C=O) groups is 2. The Morgan fingerprint density at radius 3 is 1.89 bits per heavy atom. The molecule has 0 radical (unpaired) electrons. The Morgan fingerprint density at radius 2 is 1.34 bits per heavy atom. The van der Waals surface area contributed by atoms with Gasteiger partial charge in [0.2, 0.25) is 0 Å². The largest absolute Gasteiger partial charge is 0.469 e. The van der Waals surface area contributed by atoms with Crippen LogP contribution in [0.25, 0.3) is 0 Å². The molecule has 1 atom stereocenters. The molecule has 0 aliphatic heterocycles. The van der Waals surface area contributed by atoms with Crippen molar-refractivity contribution < 1.29 is 37.9 Å². The average molecular weight is 511 g/mol. The molecule has 8 nitrogen and oxygen atoms in total. The van der Waals surface area contributed by atoms with Crippen molar-refractivity contribution in [3.8, 4) is 35.5 Å². The van der Waals surface area contributed by atoms with Gasteiger partial charge in [0.1, 0.15) is 6.61 Å². The predicted molar refractivity (Wildman–Crippen MR) is 134 cm³/mol. The second-order valence-corrected chi connectivity index (χ2v) is 9.25. The van der Waals surface area contributed by atoms with Gasteiger partial charge in [0.25, 0.3) is 0 Å². The molecule has 0 rings (SSSR count). The number of hydrogen-bond donors (Lipinski definition) is 2. The van der Waals surface area contributed by atoms with Crippen molar-refractivity contribution in [2.45, 2.75) is 103 Å². The van der Waals surface area contributed by atoms with Crippen LogP contribution in [0.3, 0.4) is 0 Å². The van der Waals surface area contributed by atoms with Gasteiger partial charge in [0.05, 0.1) is 6.61 Å². The molecule has 0 spiro atoms. The average Bonchev–Trinajstić information content (AvgIpc) is 2.80. The van der Waals surface area contributed by atoms with Crippen molar-refractivity contribution in [3.63, 3.8) is 0 Å². The van der Waals surface area contributed by atoms with E-state index in [2.05, 4.69) is 47.0 Å². The Labute approximate surface area is 210 Å². The fraction of sp³-hybridized carbons (Fsp3) is 0.692. The van der Waals surface area contributed by atoms with Crippen LogP contribution >= 0.6 is 7.82 Å². The first-order chi connectivity index (χ1) is 16.8. The zero-order valence-electron chi connectivity index (χ0n) is 21.0. The van der Waals surface area contributed by atoms with Crippen LogP contribution in [-0.2, 0) is 28.2 Å². The van der Waals surface area contributed by atoms with Crippen molar-refractivity contribution in [1.82, 2.24) is 0 Å². The molecule has 0 aliphatic carbocycles. The van der Waals surface area contributed by atoms with Crippen LogP contribution in [0, 0.1) is 35.5 Å². The quantitative estimate of drug-likeness (QED) is 0.0846. The molecule has 0 unspecified atom stereocenters. The second kappa shape index (κ2) is 22.2. The summed E-state index contributed by atoms with van der Waals surface area (Å²) in [5.41, 5.74) is 0. The lowest BCUT2D eigenvalue weighted by molar-refractivity contribution is -0.158. The van der Waals surface area contributed by atoms with E-state index in [-0.39, 0.29) is 6.42 Å². The first-order valence-electron chi connectivity index (χ1n) is 12.3. The maximum absolute atomic E-state index is 12.1. The fourth-order valence-electron chi connectivity index (χ4n) is 3.06. The highest BCUT2D eigenvalue weighted by molar-refractivity contribution is 7.46. The molecular formula is C26H39O8P. The summed E-state index contributed by atoms with van der Waals surface area (Å²) in [5.74, 6) is 12.6. The van der Waals surface area contributed by atoms with E-state index in [1.807, 2.05) is 0 Å². The number of esters is 2. The van der Waals surface area contributed by atoms with Crippen LogP contribution in [0.15, 0.2) is 0 Å². The normalized spacial score (nSPS) is 11.1. The molecule has 0 amide bonds. The molecule has 0 aromatic rings. The van der Waals surface area contributed by atoms with E-state index in [0.29, 0.717) is 6.42 Å². The summed E-state index contributed by atoms with van der Waals surface area (Å²) in [6, 6.07) is 0. The lowest BCUT2D eigenvalue weighted by Gasteiger charge is -2.17. The third kappa shape index (κ3) is 24.7. The molecular weight excluding hydrogens is 471 g/mol. The molecule has 0 aliphatic rings. The Hall–Kier alpha value is -2.27. The molecule has 0 saturated heterocycles. The van der Waals surface area contributed by atoms with Gasteiger partial charge in [-0.25, -0.2) is 9.36 Å². The fourth-order valence-corrected chi connectivity index (χ4v) is 3.42. The second-order valence-electron chi connectivity index (χ2n) is 8.01. The van der Waals surface area contributed by atoms with Crippen LogP contribution in [0.4, 0.5) is 0 Å². The maximum atomic E-state index is 12.1. The predicted octanol–water partition coefficient (Wildman–Crippen LogP) is 4.67. The van der Waals surface area contributed by atoms with Crippen molar-refractivity contribution >= 4 is 19.8 Å². The van der Waals surface area contributed by atoms with Gasteiger partial charge in [-0.3, -0.25) is 9.32 Å². The summed E-state index contributed by atoms with van der Waals surface area (Å²) in [7, 11) is -4.78. The van der Waals surface area contributed by atoms with E-state index >= 15 is 0 Å². The summed E-state index contributed by atoms with van der Waals surface area (Å²) < 4.78 is 25.4. The lowest BCUT2D eigenvalue weighted by atomic mass is 10.0. The number of hydrogen-bond acceptors (Lipinski definition) is 6. The summed E-state index contributed by atoms with van der Waals surface area (Å²) in [5, 5.41) is 0. The van der Waals surface area contributed by atoms with Crippen molar-refractivity contribution in [2.75, 3.05) is 13.2 Å². The number of rotatable bonds is 19. The molecule has 9 heteroatoms. The number of phosphoric ester groups is 1. The molecule has 0 heterocycles. The Morgan fingerprint density at radius 1 is 0.800 bits per heavy atom. The minimum atomic E-state index is -4.78. The number of unbranched alkanes of at least 4 members (excludes halogenated alkanes) is 11. The van der Waals surface area contributed by atoms with Crippen LogP contribution in [-0.4, -0.2) is 41.0 Å². The molecule has 35 heavy (non-hydrogen) atoms. The van der Waals surface area contributed by atoms with Crippen molar-refractivity contribution in [1.29, 1.82) is 0 Å². The molecule has 2 N–H and O–H groups in total. The summed E-state index contributed by atoms with van der Waals surface area (Å²) >= 11 is 0. The van der Waals surface area contributed by atoms with Gasteiger partial charge in [-0.05, 0) is 37.0 Å². The molecule has 0 fully saturated rings. The van der Waals surface area contributed by atoms with Gasteiger partial charge in [-0.1, -0.05) is 83.5 Å². The number of ether oxygens (including phenoxy) is 2. The zero-order valence-corrected chi connectivity index (χ0v) is 21.9. The maximum Gasteiger partial charge on any atom is 0.469 e. The number of phosphoric acid groups is 1. The summed E-state index contributed by atoms with van der Waals surface area (Å²) in [6.07, 6.45) is 13.0. The van der Waals surface area contributed by atoms with Gasteiger partial charge in [0.15, 0.2) is 6.10 Å². The summed E-state index contributed by atoms with van der Waals surface area (Å²) in [4.78, 5) is 41.5. The first-order valence-corrected chi connectivity index (χ1v) is 13.8. The molecule has 196 valence electrons. The Kier molecular flexibility index (Phi) is 20.8. The van der Waals surface area contributed by atoms with Gasteiger partial charge >= 0.3 is 19.8 Å². The molecule has 0 aromatic carbocycles. The Bertz CT molecular complexity index is 829. The van der Waals surface area contributed by atoms with E-state index in [1.54, 1.807) is 6.92 Å². The third-order valence-electron chi connectivity index (χ3n) is 4.84.